The van der Waals surface area contributed by atoms with Crippen LogP contribution in [0.3, 0.4) is 0 Å². The second-order valence-electron chi connectivity index (χ2n) is 11.3. The Morgan fingerprint density at radius 1 is 0.636 bits per heavy atom. The number of hydrogen-bond donors (Lipinski definition) is 6. The number of ether oxygens (including phenoxy) is 2. The quantitative estimate of drug-likeness (QED) is 0.0328. The smallest absolute Gasteiger partial charge is 0.394 e. The minimum atomic E-state index is -4.60. The largest absolute Gasteiger partial charge is 0.472 e. The number of aliphatic hydroxyl groups is 5. The Bertz CT molecular complexity index is 737. The van der Waals surface area contributed by atoms with Gasteiger partial charge in [0, 0.05) is 13.7 Å². The molecule has 11 nitrogen and oxygen atoms in total. The zero-order valence-electron chi connectivity index (χ0n) is 27.2. The summed E-state index contributed by atoms with van der Waals surface area (Å²) in [6, 6.07) is 0. The van der Waals surface area contributed by atoms with E-state index < -0.39 is 51.6 Å². The Kier molecular flexibility index (Phi) is 29.2. The number of methoxy groups -OCH3 is 1. The van der Waals surface area contributed by atoms with Gasteiger partial charge in [0.15, 0.2) is 0 Å². The van der Waals surface area contributed by atoms with E-state index in [2.05, 4.69) is 35.8 Å². The summed E-state index contributed by atoms with van der Waals surface area (Å²) in [6.07, 6.45) is 20.8. The molecule has 0 radical (unpaired) electrons. The molecule has 0 aromatic carbocycles. The van der Waals surface area contributed by atoms with Crippen LogP contribution in [0, 0.1) is 0 Å². The molecule has 0 aliphatic rings. The van der Waals surface area contributed by atoms with Crippen LogP contribution in [0.15, 0.2) is 24.3 Å². The Balaban J connectivity index is 3.72. The maximum absolute atomic E-state index is 12.1. The van der Waals surface area contributed by atoms with Gasteiger partial charge in [-0.1, -0.05) is 76.2 Å². The molecule has 6 N–H and O–H groups in total. The van der Waals surface area contributed by atoms with Crippen LogP contribution in [0.1, 0.15) is 110 Å². The standard InChI is InChI=1S/C32H63O11P/c1-3-4-5-6-7-8-9-10-11-12-13-14-15-16-17-18-19-20-21-22-23-41-25-28(40-2)26-42-44(38,39)43-27-30(35)32(37)31(36)29(34)24-33/h7-8,13-14,28-37H,3-6,9-12,15-27H2,1-2H3,(H,38,39)/t28-,29-,30-,31-,32-/m1/s1. The molecule has 44 heavy (non-hydrogen) atoms. The topological polar surface area (TPSA) is 175 Å². The molecule has 0 aliphatic heterocycles. The minimum Gasteiger partial charge on any atom is -0.394 e. The number of aliphatic hydroxyl groups excluding tert-OH is 5. The predicted octanol–water partition coefficient (Wildman–Crippen LogP) is 4.96. The Morgan fingerprint density at radius 2 is 1.09 bits per heavy atom. The lowest BCUT2D eigenvalue weighted by atomic mass is 10.0. The molecule has 0 bridgehead atoms. The Hall–Kier alpha value is -0.690. The maximum atomic E-state index is 12.1. The number of allylic oxidation sites excluding steroid dienone is 4. The third kappa shape index (κ3) is 25.5. The minimum absolute atomic E-state index is 0.159. The molecule has 0 spiro atoms. The summed E-state index contributed by atoms with van der Waals surface area (Å²) in [4.78, 5) is 9.80. The van der Waals surface area contributed by atoms with Gasteiger partial charge >= 0.3 is 7.82 Å². The third-order valence-electron chi connectivity index (χ3n) is 7.25. The van der Waals surface area contributed by atoms with Crippen molar-refractivity contribution in [1.82, 2.24) is 0 Å². The lowest BCUT2D eigenvalue weighted by molar-refractivity contribution is -0.123. The monoisotopic (exact) mass is 654 g/mol. The van der Waals surface area contributed by atoms with E-state index in [1.165, 1.54) is 90.6 Å². The van der Waals surface area contributed by atoms with Crippen molar-refractivity contribution < 1.29 is 53.5 Å². The van der Waals surface area contributed by atoms with Crippen molar-refractivity contribution in [3.8, 4) is 0 Å². The molecule has 262 valence electrons. The van der Waals surface area contributed by atoms with Gasteiger partial charge in [0.05, 0.1) is 26.4 Å². The summed E-state index contributed by atoms with van der Waals surface area (Å²) in [5.74, 6) is 0. The van der Waals surface area contributed by atoms with Gasteiger partial charge in [-0.05, 0) is 57.8 Å². The van der Waals surface area contributed by atoms with Gasteiger partial charge in [0.2, 0.25) is 0 Å². The van der Waals surface area contributed by atoms with Crippen molar-refractivity contribution in [2.24, 2.45) is 0 Å². The SMILES string of the molecule is CCCCCC=CCCCCC=CCCCCCCCCCOC[C@H](COP(=O)(O)OC[C@@H](O)[C@@H](O)[C@H](O)[C@H](O)CO)OC. The van der Waals surface area contributed by atoms with Gasteiger partial charge in [0.25, 0.3) is 0 Å². The van der Waals surface area contributed by atoms with Crippen LogP contribution in [0.2, 0.25) is 0 Å². The van der Waals surface area contributed by atoms with E-state index in [9.17, 15) is 29.9 Å². The van der Waals surface area contributed by atoms with Crippen molar-refractivity contribution in [2.45, 2.75) is 140 Å². The summed E-state index contributed by atoms with van der Waals surface area (Å²) in [6.45, 7) is 0.939. The summed E-state index contributed by atoms with van der Waals surface area (Å²) in [5, 5.41) is 47.2. The highest BCUT2D eigenvalue weighted by Gasteiger charge is 2.32. The van der Waals surface area contributed by atoms with Gasteiger partial charge in [-0.2, -0.15) is 0 Å². The van der Waals surface area contributed by atoms with E-state index in [-0.39, 0.29) is 13.2 Å². The highest BCUT2D eigenvalue weighted by molar-refractivity contribution is 7.47. The van der Waals surface area contributed by atoms with Crippen LogP contribution < -0.4 is 0 Å². The molecule has 0 fully saturated rings. The molecule has 0 aliphatic carbocycles. The van der Waals surface area contributed by atoms with Crippen LogP contribution in [-0.4, -0.2) is 101 Å². The molecular weight excluding hydrogens is 591 g/mol. The average molecular weight is 655 g/mol. The molecule has 0 saturated carbocycles. The molecule has 0 saturated heterocycles. The lowest BCUT2D eigenvalue weighted by Crippen LogP contribution is -2.47. The average Bonchev–Trinajstić information content (AvgIpc) is 3.02. The molecule has 0 heterocycles. The first-order valence-corrected chi connectivity index (χ1v) is 18.0. The zero-order valence-corrected chi connectivity index (χ0v) is 28.1. The first-order valence-electron chi connectivity index (χ1n) is 16.5. The van der Waals surface area contributed by atoms with E-state index in [4.69, 9.17) is 19.1 Å². The Labute approximate surface area is 265 Å². The van der Waals surface area contributed by atoms with Crippen molar-refractivity contribution in [3.63, 3.8) is 0 Å². The van der Waals surface area contributed by atoms with Gasteiger partial charge in [-0.3, -0.25) is 9.05 Å². The van der Waals surface area contributed by atoms with Gasteiger partial charge in [0.1, 0.15) is 30.5 Å². The first-order chi connectivity index (χ1) is 21.2. The predicted molar refractivity (Wildman–Crippen MR) is 172 cm³/mol. The van der Waals surface area contributed by atoms with Gasteiger partial charge in [-0.25, -0.2) is 4.57 Å². The van der Waals surface area contributed by atoms with Crippen molar-refractivity contribution >= 4 is 7.82 Å². The number of hydrogen-bond acceptors (Lipinski definition) is 10. The fourth-order valence-corrected chi connectivity index (χ4v) is 5.07. The third-order valence-corrected chi connectivity index (χ3v) is 8.20. The molecule has 6 atom stereocenters. The summed E-state index contributed by atoms with van der Waals surface area (Å²) in [7, 11) is -3.19. The zero-order chi connectivity index (χ0) is 32.9. The molecular formula is C32H63O11P. The molecule has 0 aromatic heterocycles. The lowest BCUT2D eigenvalue weighted by Gasteiger charge is -2.26. The highest BCUT2D eigenvalue weighted by atomic mass is 31.2. The van der Waals surface area contributed by atoms with E-state index in [0.29, 0.717) is 6.61 Å². The fourth-order valence-electron chi connectivity index (χ4n) is 4.30. The van der Waals surface area contributed by atoms with E-state index in [1.54, 1.807) is 0 Å². The highest BCUT2D eigenvalue weighted by Crippen LogP contribution is 2.43. The summed E-state index contributed by atoms with van der Waals surface area (Å²) >= 11 is 0. The second-order valence-corrected chi connectivity index (χ2v) is 12.7. The summed E-state index contributed by atoms with van der Waals surface area (Å²) in [5.41, 5.74) is 0. The first kappa shape index (κ1) is 43.3. The van der Waals surface area contributed by atoms with Crippen LogP contribution in [-0.2, 0) is 23.1 Å². The van der Waals surface area contributed by atoms with Crippen molar-refractivity contribution in [2.75, 3.05) is 40.1 Å². The van der Waals surface area contributed by atoms with Crippen molar-refractivity contribution in [1.29, 1.82) is 0 Å². The number of rotatable bonds is 32. The summed E-state index contributed by atoms with van der Waals surface area (Å²) < 4.78 is 32.4. The van der Waals surface area contributed by atoms with E-state index >= 15 is 0 Å². The van der Waals surface area contributed by atoms with Gasteiger partial charge in [-0.15, -0.1) is 0 Å². The van der Waals surface area contributed by atoms with Crippen LogP contribution in [0.25, 0.3) is 0 Å². The number of unbranched alkanes of at least 4 members (excludes halogenated alkanes) is 13. The molecule has 0 amide bonds. The van der Waals surface area contributed by atoms with E-state index in [1.807, 2.05) is 0 Å². The van der Waals surface area contributed by atoms with E-state index in [0.717, 1.165) is 19.3 Å². The Morgan fingerprint density at radius 3 is 1.61 bits per heavy atom. The van der Waals surface area contributed by atoms with Crippen LogP contribution in [0.5, 0.6) is 0 Å². The molecule has 1 unspecified atom stereocenters. The van der Waals surface area contributed by atoms with Crippen LogP contribution in [0.4, 0.5) is 0 Å². The van der Waals surface area contributed by atoms with Crippen molar-refractivity contribution in [3.05, 3.63) is 24.3 Å². The number of phosphoric acid groups is 1. The molecule has 0 aromatic rings. The fraction of sp³-hybridized carbons (Fsp3) is 0.875. The number of phosphoric ester groups is 1. The molecule has 12 heteroatoms. The normalized spacial score (nSPS) is 17.2. The van der Waals surface area contributed by atoms with Crippen LogP contribution >= 0.6 is 7.82 Å². The maximum Gasteiger partial charge on any atom is 0.472 e. The van der Waals surface area contributed by atoms with Gasteiger partial charge < -0.3 is 39.9 Å². The molecule has 0 rings (SSSR count). The second kappa shape index (κ2) is 29.7.